The Hall–Kier alpha value is -1.66. The van der Waals surface area contributed by atoms with Crippen molar-refractivity contribution < 1.29 is 0 Å². The van der Waals surface area contributed by atoms with E-state index in [4.69, 9.17) is 0 Å². The number of thiophene rings is 1. The van der Waals surface area contributed by atoms with Crippen LogP contribution in [-0.4, -0.2) is 49.6 Å². The van der Waals surface area contributed by atoms with Crippen molar-refractivity contribution in [3.05, 3.63) is 33.6 Å². The first-order chi connectivity index (χ1) is 10.4. The number of likely N-dealkylation sites (N-methyl/N-ethyl adjacent to an activating group) is 1. The van der Waals surface area contributed by atoms with Gasteiger partial charge in [0.05, 0.1) is 6.04 Å². The second-order valence-electron chi connectivity index (χ2n) is 5.92. The Labute approximate surface area is 137 Å². The maximum Gasteiger partial charge on any atom is 0.224 e. The van der Waals surface area contributed by atoms with Crippen molar-refractivity contribution >= 4 is 23.1 Å². The number of hydrogen-bond donors (Lipinski definition) is 1. The van der Waals surface area contributed by atoms with E-state index >= 15 is 0 Å². The lowest BCUT2D eigenvalue weighted by Crippen LogP contribution is -2.27. The molecule has 2 aromatic rings. The van der Waals surface area contributed by atoms with Gasteiger partial charge in [0.2, 0.25) is 5.95 Å². The minimum absolute atomic E-state index is 0.313. The summed E-state index contributed by atoms with van der Waals surface area (Å²) in [7, 11) is 8.20. The molecule has 2 heterocycles. The molecule has 0 aliphatic rings. The summed E-state index contributed by atoms with van der Waals surface area (Å²) in [5.41, 5.74) is 2.41. The van der Waals surface area contributed by atoms with E-state index in [9.17, 15) is 0 Å². The molecule has 0 saturated carbocycles. The molecular weight excluding hydrogens is 294 g/mol. The van der Waals surface area contributed by atoms with Crippen LogP contribution < -0.4 is 10.2 Å². The standard InChI is InChI=1S/C16H25N5S/c1-11-7-8-22-14(11)13(20(3)4)10-18-16-17-9-12(2)15(19-16)21(5)6/h7-9,13H,10H2,1-6H3,(H,17,18,19). The number of nitrogens with one attached hydrogen (secondary N) is 1. The highest BCUT2D eigenvalue weighted by Gasteiger charge is 2.18. The molecule has 5 nitrogen and oxygen atoms in total. The third kappa shape index (κ3) is 3.75. The first kappa shape index (κ1) is 16.7. The van der Waals surface area contributed by atoms with E-state index in [0.717, 1.165) is 17.9 Å². The molecule has 2 aromatic heterocycles. The van der Waals surface area contributed by atoms with Gasteiger partial charge in [-0.25, -0.2) is 4.98 Å². The molecule has 22 heavy (non-hydrogen) atoms. The van der Waals surface area contributed by atoms with Crippen LogP contribution in [0.25, 0.3) is 0 Å². The molecule has 0 bridgehead atoms. The van der Waals surface area contributed by atoms with Gasteiger partial charge < -0.3 is 15.1 Å². The molecular formula is C16H25N5S. The summed E-state index contributed by atoms with van der Waals surface area (Å²) in [5, 5.41) is 5.53. The fraction of sp³-hybridized carbons (Fsp3) is 0.500. The third-order valence-electron chi connectivity index (χ3n) is 3.65. The first-order valence-electron chi connectivity index (χ1n) is 7.35. The zero-order chi connectivity index (χ0) is 16.3. The highest BCUT2D eigenvalue weighted by molar-refractivity contribution is 7.10. The summed E-state index contributed by atoms with van der Waals surface area (Å²) >= 11 is 1.80. The highest BCUT2D eigenvalue weighted by atomic mass is 32.1. The molecule has 0 radical (unpaired) electrons. The topological polar surface area (TPSA) is 44.3 Å². The summed E-state index contributed by atoms with van der Waals surface area (Å²) in [6.07, 6.45) is 1.87. The summed E-state index contributed by atoms with van der Waals surface area (Å²) in [6.45, 7) is 4.97. The van der Waals surface area contributed by atoms with E-state index in [1.165, 1.54) is 10.4 Å². The van der Waals surface area contributed by atoms with Crippen molar-refractivity contribution in [3.8, 4) is 0 Å². The van der Waals surface area contributed by atoms with Crippen LogP contribution in [0.3, 0.4) is 0 Å². The molecule has 0 aliphatic heterocycles. The Morgan fingerprint density at radius 2 is 1.91 bits per heavy atom. The Balaban J connectivity index is 2.14. The lowest BCUT2D eigenvalue weighted by Gasteiger charge is -2.25. The maximum atomic E-state index is 4.60. The van der Waals surface area contributed by atoms with Crippen LogP contribution in [0.5, 0.6) is 0 Å². The Morgan fingerprint density at radius 3 is 2.45 bits per heavy atom. The van der Waals surface area contributed by atoms with Gasteiger partial charge in [-0.05, 0) is 45.0 Å². The molecule has 1 unspecified atom stereocenters. The van der Waals surface area contributed by atoms with Crippen LogP contribution in [0.2, 0.25) is 0 Å². The monoisotopic (exact) mass is 319 g/mol. The normalized spacial score (nSPS) is 12.5. The number of nitrogens with zero attached hydrogens (tertiary/aromatic N) is 4. The van der Waals surface area contributed by atoms with Gasteiger partial charge >= 0.3 is 0 Å². The molecule has 0 fully saturated rings. The highest BCUT2D eigenvalue weighted by Crippen LogP contribution is 2.27. The van der Waals surface area contributed by atoms with Crippen LogP contribution in [0.4, 0.5) is 11.8 Å². The van der Waals surface area contributed by atoms with Gasteiger partial charge in [0.15, 0.2) is 0 Å². The van der Waals surface area contributed by atoms with Gasteiger partial charge in [-0.2, -0.15) is 4.98 Å². The van der Waals surface area contributed by atoms with Crippen molar-refractivity contribution in [1.29, 1.82) is 0 Å². The number of aromatic nitrogens is 2. The summed E-state index contributed by atoms with van der Waals surface area (Å²) < 4.78 is 0. The maximum absolute atomic E-state index is 4.60. The summed E-state index contributed by atoms with van der Waals surface area (Å²) in [6, 6.07) is 2.48. The molecule has 1 N–H and O–H groups in total. The lowest BCUT2D eigenvalue weighted by atomic mass is 10.1. The smallest absolute Gasteiger partial charge is 0.224 e. The fourth-order valence-electron chi connectivity index (χ4n) is 2.39. The van der Waals surface area contributed by atoms with Crippen molar-refractivity contribution in [1.82, 2.24) is 14.9 Å². The summed E-state index contributed by atoms with van der Waals surface area (Å²) in [5.74, 6) is 1.63. The van der Waals surface area contributed by atoms with Gasteiger partial charge in [0, 0.05) is 37.3 Å². The van der Waals surface area contributed by atoms with E-state index in [0.29, 0.717) is 12.0 Å². The number of anilines is 2. The quantitative estimate of drug-likeness (QED) is 0.887. The van der Waals surface area contributed by atoms with Crippen molar-refractivity contribution in [2.45, 2.75) is 19.9 Å². The van der Waals surface area contributed by atoms with Crippen LogP contribution in [0.1, 0.15) is 22.0 Å². The van der Waals surface area contributed by atoms with Crippen LogP contribution in [-0.2, 0) is 0 Å². The van der Waals surface area contributed by atoms with Crippen LogP contribution >= 0.6 is 11.3 Å². The van der Waals surface area contributed by atoms with Gasteiger partial charge in [-0.15, -0.1) is 11.3 Å². The molecule has 0 spiro atoms. The molecule has 120 valence electrons. The number of aryl methyl sites for hydroxylation is 2. The average molecular weight is 319 g/mol. The molecule has 1 atom stereocenters. The molecule has 0 amide bonds. The summed E-state index contributed by atoms with van der Waals surface area (Å²) in [4.78, 5) is 14.6. The van der Waals surface area contributed by atoms with E-state index in [2.05, 4.69) is 52.7 Å². The molecule has 2 rings (SSSR count). The van der Waals surface area contributed by atoms with E-state index in [1.807, 2.05) is 32.1 Å². The van der Waals surface area contributed by atoms with Crippen molar-refractivity contribution in [2.24, 2.45) is 0 Å². The van der Waals surface area contributed by atoms with Gasteiger partial charge in [-0.3, -0.25) is 0 Å². The Morgan fingerprint density at radius 1 is 1.18 bits per heavy atom. The molecule has 0 saturated heterocycles. The van der Waals surface area contributed by atoms with Crippen LogP contribution in [0.15, 0.2) is 17.6 Å². The van der Waals surface area contributed by atoms with Crippen molar-refractivity contribution in [2.75, 3.05) is 45.0 Å². The number of rotatable bonds is 6. The SMILES string of the molecule is Cc1cnc(NCC(c2sccc2C)N(C)C)nc1N(C)C. The minimum Gasteiger partial charge on any atom is -0.362 e. The Kier molecular flexibility index (Phi) is 5.37. The van der Waals surface area contributed by atoms with Crippen LogP contribution in [0, 0.1) is 13.8 Å². The van der Waals surface area contributed by atoms with Gasteiger partial charge in [0.1, 0.15) is 5.82 Å². The van der Waals surface area contributed by atoms with Gasteiger partial charge in [0.25, 0.3) is 0 Å². The zero-order valence-corrected chi connectivity index (χ0v) is 15.0. The largest absolute Gasteiger partial charge is 0.362 e. The lowest BCUT2D eigenvalue weighted by molar-refractivity contribution is 0.315. The fourth-order valence-corrected chi connectivity index (χ4v) is 3.52. The zero-order valence-electron chi connectivity index (χ0n) is 14.2. The van der Waals surface area contributed by atoms with Gasteiger partial charge in [-0.1, -0.05) is 0 Å². The number of hydrogen-bond acceptors (Lipinski definition) is 6. The van der Waals surface area contributed by atoms with E-state index in [1.54, 1.807) is 11.3 Å². The predicted molar refractivity (Wildman–Crippen MR) is 95.1 cm³/mol. The van der Waals surface area contributed by atoms with E-state index < -0.39 is 0 Å². The van der Waals surface area contributed by atoms with E-state index in [-0.39, 0.29) is 0 Å². The molecule has 6 heteroatoms. The first-order valence-corrected chi connectivity index (χ1v) is 8.23. The second-order valence-corrected chi connectivity index (χ2v) is 6.87. The van der Waals surface area contributed by atoms with Crippen molar-refractivity contribution in [3.63, 3.8) is 0 Å². The molecule has 0 aliphatic carbocycles. The predicted octanol–water partition coefficient (Wildman–Crippen LogP) is 2.94. The second kappa shape index (κ2) is 7.07. The minimum atomic E-state index is 0.313. The third-order valence-corrected chi connectivity index (χ3v) is 4.77. The Bertz CT molecular complexity index is 621. The molecule has 0 aromatic carbocycles. The average Bonchev–Trinajstić information content (AvgIpc) is 2.86.